The summed E-state index contributed by atoms with van der Waals surface area (Å²) in [7, 11) is 0. The third-order valence-corrected chi connectivity index (χ3v) is 4.92. The number of aromatic nitrogens is 2. The average Bonchev–Trinajstić information content (AvgIpc) is 3.34. The van der Waals surface area contributed by atoms with Crippen molar-refractivity contribution in [3.63, 3.8) is 0 Å². The largest absolute Gasteiger partial charge is 0.456 e. The SMILES string of the molecule is Cc1cc2[nH]ccc2cc1Nc1c(C#N)cncc1-c1cc2ccccc2o1. The second kappa shape index (κ2) is 6.29. The van der Waals surface area contributed by atoms with E-state index in [1.54, 1.807) is 12.4 Å². The minimum atomic E-state index is 0.464. The third-order valence-electron chi connectivity index (χ3n) is 4.92. The summed E-state index contributed by atoms with van der Waals surface area (Å²) < 4.78 is 6.03. The summed E-state index contributed by atoms with van der Waals surface area (Å²) in [6.45, 7) is 2.04. The summed E-state index contributed by atoms with van der Waals surface area (Å²) in [5.41, 5.74) is 5.80. The highest BCUT2D eigenvalue weighted by Crippen LogP contribution is 2.36. The molecule has 5 nitrogen and oxygen atoms in total. The second-order valence-corrected chi connectivity index (χ2v) is 6.73. The maximum absolute atomic E-state index is 9.65. The Morgan fingerprint density at radius 2 is 1.96 bits per heavy atom. The van der Waals surface area contributed by atoms with Crippen molar-refractivity contribution >= 4 is 33.2 Å². The molecule has 3 aromatic heterocycles. The molecule has 0 atom stereocenters. The van der Waals surface area contributed by atoms with Gasteiger partial charge in [0.1, 0.15) is 17.4 Å². The number of hydrogen-bond acceptors (Lipinski definition) is 4. The van der Waals surface area contributed by atoms with Gasteiger partial charge in [-0.15, -0.1) is 0 Å². The lowest BCUT2D eigenvalue weighted by Crippen LogP contribution is -1.99. The van der Waals surface area contributed by atoms with Gasteiger partial charge < -0.3 is 14.7 Å². The van der Waals surface area contributed by atoms with Gasteiger partial charge in [-0.3, -0.25) is 4.98 Å². The summed E-state index contributed by atoms with van der Waals surface area (Å²) in [6, 6.07) is 18.2. The number of aromatic amines is 1. The number of rotatable bonds is 3. The Morgan fingerprint density at radius 3 is 2.82 bits per heavy atom. The van der Waals surface area contributed by atoms with Gasteiger partial charge in [0.05, 0.1) is 16.8 Å². The molecule has 0 spiro atoms. The summed E-state index contributed by atoms with van der Waals surface area (Å²) in [4.78, 5) is 7.46. The van der Waals surface area contributed by atoms with Crippen molar-refractivity contribution in [1.29, 1.82) is 5.26 Å². The van der Waals surface area contributed by atoms with Crippen molar-refractivity contribution in [2.24, 2.45) is 0 Å². The minimum Gasteiger partial charge on any atom is -0.456 e. The maximum Gasteiger partial charge on any atom is 0.139 e. The predicted molar refractivity (Wildman–Crippen MR) is 110 cm³/mol. The van der Waals surface area contributed by atoms with Crippen LogP contribution in [0.5, 0.6) is 0 Å². The van der Waals surface area contributed by atoms with Crippen molar-refractivity contribution in [3.8, 4) is 17.4 Å². The van der Waals surface area contributed by atoms with Crippen molar-refractivity contribution in [2.75, 3.05) is 5.32 Å². The Balaban J connectivity index is 1.67. The van der Waals surface area contributed by atoms with Crippen LogP contribution in [0.2, 0.25) is 0 Å². The Morgan fingerprint density at radius 1 is 1.07 bits per heavy atom. The fraction of sp³-hybridized carbons (Fsp3) is 0.0435. The summed E-state index contributed by atoms with van der Waals surface area (Å²) >= 11 is 0. The van der Waals surface area contributed by atoms with E-state index in [4.69, 9.17) is 4.42 Å². The molecule has 2 aromatic carbocycles. The molecule has 0 aliphatic carbocycles. The zero-order valence-electron chi connectivity index (χ0n) is 15.2. The Labute approximate surface area is 161 Å². The van der Waals surface area contributed by atoms with Crippen molar-refractivity contribution in [2.45, 2.75) is 6.92 Å². The number of furan rings is 1. The van der Waals surface area contributed by atoms with Crippen LogP contribution in [0.15, 0.2) is 71.5 Å². The first kappa shape index (κ1) is 16.2. The van der Waals surface area contributed by atoms with E-state index in [-0.39, 0.29) is 0 Å². The van der Waals surface area contributed by atoms with Crippen molar-refractivity contribution in [3.05, 3.63) is 78.2 Å². The Bertz CT molecular complexity index is 1340. The van der Waals surface area contributed by atoms with Crippen LogP contribution < -0.4 is 5.32 Å². The van der Waals surface area contributed by atoms with Crippen LogP contribution in [-0.2, 0) is 0 Å². The van der Waals surface area contributed by atoms with Crippen molar-refractivity contribution in [1.82, 2.24) is 9.97 Å². The van der Waals surface area contributed by atoms with Gasteiger partial charge in [-0.2, -0.15) is 5.26 Å². The van der Waals surface area contributed by atoms with Crippen molar-refractivity contribution < 1.29 is 4.42 Å². The second-order valence-electron chi connectivity index (χ2n) is 6.73. The van der Waals surface area contributed by atoms with E-state index in [0.717, 1.165) is 38.7 Å². The predicted octanol–water partition coefficient (Wildman–Crippen LogP) is 5.90. The van der Waals surface area contributed by atoms with E-state index in [1.165, 1.54) is 0 Å². The summed E-state index contributed by atoms with van der Waals surface area (Å²) in [5, 5.41) is 15.2. The van der Waals surface area contributed by atoms with Crippen LogP contribution in [-0.4, -0.2) is 9.97 Å². The van der Waals surface area contributed by atoms with Crippen LogP contribution in [0.3, 0.4) is 0 Å². The van der Waals surface area contributed by atoms with Gasteiger partial charge in [0.25, 0.3) is 0 Å². The summed E-state index contributed by atoms with van der Waals surface area (Å²) in [6.07, 6.45) is 5.21. The van der Waals surface area contributed by atoms with Gasteiger partial charge in [-0.05, 0) is 42.8 Å². The van der Waals surface area contributed by atoms with Gasteiger partial charge in [0, 0.05) is 40.6 Å². The summed E-state index contributed by atoms with van der Waals surface area (Å²) in [5.74, 6) is 0.675. The molecule has 0 amide bonds. The Hall–Kier alpha value is -4.04. The van der Waals surface area contributed by atoms with Crippen LogP contribution in [0.1, 0.15) is 11.1 Å². The molecule has 0 radical (unpaired) electrons. The van der Waals surface area contributed by atoms with E-state index in [2.05, 4.69) is 33.5 Å². The standard InChI is InChI=1S/C23H16N4O/c1-14-8-20-15(6-7-26-20)9-19(14)27-23-17(11-24)12-25-13-18(23)22-10-16-4-2-3-5-21(16)28-22/h2-10,12-13,26H,1H3,(H,25,27). The fourth-order valence-corrected chi connectivity index (χ4v) is 3.46. The molecular formula is C23H16N4O. The van der Waals surface area contributed by atoms with E-state index in [0.29, 0.717) is 17.0 Å². The molecule has 5 aromatic rings. The average molecular weight is 364 g/mol. The number of nitriles is 1. The zero-order valence-corrected chi connectivity index (χ0v) is 15.2. The van der Waals surface area contributed by atoms with Gasteiger partial charge in [0.15, 0.2) is 0 Å². The number of nitrogens with one attached hydrogen (secondary N) is 2. The topological polar surface area (TPSA) is 77.6 Å². The molecule has 0 fully saturated rings. The van der Waals surface area contributed by atoms with E-state index >= 15 is 0 Å². The highest BCUT2D eigenvalue weighted by molar-refractivity contribution is 5.91. The lowest BCUT2D eigenvalue weighted by atomic mass is 10.1. The molecule has 0 saturated heterocycles. The van der Waals surface area contributed by atoms with Crippen LogP contribution in [0.4, 0.5) is 11.4 Å². The molecule has 134 valence electrons. The first-order valence-corrected chi connectivity index (χ1v) is 8.95. The van der Waals surface area contributed by atoms with Gasteiger partial charge in [0.2, 0.25) is 0 Å². The Kier molecular flexibility index (Phi) is 3.63. The molecular weight excluding hydrogens is 348 g/mol. The number of H-pyrrole nitrogens is 1. The lowest BCUT2D eigenvalue weighted by Gasteiger charge is -2.14. The molecule has 2 N–H and O–H groups in total. The third kappa shape index (κ3) is 2.60. The van der Waals surface area contributed by atoms with E-state index in [1.807, 2.05) is 49.5 Å². The molecule has 3 heterocycles. The minimum absolute atomic E-state index is 0.464. The number of para-hydroxylation sites is 1. The fourth-order valence-electron chi connectivity index (χ4n) is 3.46. The normalized spacial score (nSPS) is 11.0. The highest BCUT2D eigenvalue weighted by atomic mass is 16.3. The molecule has 5 heteroatoms. The van der Waals surface area contributed by atoms with Crippen LogP contribution in [0.25, 0.3) is 33.2 Å². The van der Waals surface area contributed by atoms with Gasteiger partial charge in [-0.25, -0.2) is 0 Å². The number of benzene rings is 2. The molecule has 5 rings (SSSR count). The van der Waals surface area contributed by atoms with Crippen LogP contribution in [0, 0.1) is 18.3 Å². The molecule has 0 aliphatic rings. The number of nitrogens with zero attached hydrogens (tertiary/aromatic N) is 2. The molecule has 28 heavy (non-hydrogen) atoms. The maximum atomic E-state index is 9.65. The number of fused-ring (bicyclic) bond motifs is 2. The van der Waals surface area contributed by atoms with Gasteiger partial charge in [-0.1, -0.05) is 18.2 Å². The number of pyridine rings is 1. The monoisotopic (exact) mass is 364 g/mol. The lowest BCUT2D eigenvalue weighted by molar-refractivity contribution is 0.631. The zero-order chi connectivity index (χ0) is 19.1. The first-order chi connectivity index (χ1) is 13.7. The van der Waals surface area contributed by atoms with Crippen LogP contribution >= 0.6 is 0 Å². The number of aryl methyl sites for hydroxylation is 1. The highest BCUT2D eigenvalue weighted by Gasteiger charge is 2.16. The van der Waals surface area contributed by atoms with Gasteiger partial charge >= 0.3 is 0 Å². The number of hydrogen-bond donors (Lipinski definition) is 2. The van der Waals surface area contributed by atoms with E-state index < -0.39 is 0 Å². The number of anilines is 2. The quantitative estimate of drug-likeness (QED) is 0.418. The molecule has 0 unspecified atom stereocenters. The smallest absolute Gasteiger partial charge is 0.139 e. The van der Waals surface area contributed by atoms with E-state index in [9.17, 15) is 5.26 Å². The molecule has 0 aliphatic heterocycles. The first-order valence-electron chi connectivity index (χ1n) is 8.95. The molecule has 0 saturated carbocycles. The molecule has 0 bridgehead atoms.